The van der Waals surface area contributed by atoms with Crippen LogP contribution in [0, 0.1) is 28.6 Å². The monoisotopic (exact) mass is 250 g/mol. The SMILES string of the molecule is C[C@H]1CC[C@@]2(C)C3CCO[C@]3(C)CC[C@@H]2C1(C)C. The maximum atomic E-state index is 6.15. The average Bonchev–Trinajstić information content (AvgIpc) is 2.68. The molecule has 1 nitrogen and oxygen atoms in total. The fourth-order valence-electron chi connectivity index (χ4n) is 5.91. The Kier molecular flexibility index (Phi) is 2.70. The Morgan fingerprint density at radius 3 is 2.33 bits per heavy atom. The summed E-state index contributed by atoms with van der Waals surface area (Å²) < 4.78 is 6.15. The summed E-state index contributed by atoms with van der Waals surface area (Å²) in [5.41, 5.74) is 1.23. The molecule has 0 aromatic carbocycles. The third-order valence-corrected chi connectivity index (χ3v) is 7.38. The molecule has 18 heavy (non-hydrogen) atoms. The van der Waals surface area contributed by atoms with Crippen molar-refractivity contribution in [3.05, 3.63) is 0 Å². The van der Waals surface area contributed by atoms with Gasteiger partial charge in [0, 0.05) is 6.61 Å². The molecule has 0 N–H and O–H groups in total. The molecule has 0 spiro atoms. The van der Waals surface area contributed by atoms with Crippen molar-refractivity contribution in [2.45, 2.75) is 72.3 Å². The van der Waals surface area contributed by atoms with E-state index in [9.17, 15) is 0 Å². The van der Waals surface area contributed by atoms with Gasteiger partial charge in [0.1, 0.15) is 0 Å². The van der Waals surface area contributed by atoms with Crippen LogP contribution in [0.3, 0.4) is 0 Å². The first-order valence-electron chi connectivity index (χ1n) is 7.95. The summed E-state index contributed by atoms with van der Waals surface area (Å²) in [4.78, 5) is 0. The van der Waals surface area contributed by atoms with E-state index in [4.69, 9.17) is 4.74 Å². The van der Waals surface area contributed by atoms with Gasteiger partial charge in [-0.05, 0) is 67.6 Å². The molecule has 0 bridgehead atoms. The van der Waals surface area contributed by atoms with Gasteiger partial charge in [-0.15, -0.1) is 0 Å². The van der Waals surface area contributed by atoms with Gasteiger partial charge in [0.2, 0.25) is 0 Å². The summed E-state index contributed by atoms with van der Waals surface area (Å²) in [6.07, 6.45) is 6.79. The lowest BCUT2D eigenvalue weighted by Gasteiger charge is -2.62. The van der Waals surface area contributed by atoms with Crippen LogP contribution in [0.25, 0.3) is 0 Å². The van der Waals surface area contributed by atoms with E-state index in [1.807, 2.05) is 0 Å². The molecule has 104 valence electrons. The molecule has 1 saturated heterocycles. The van der Waals surface area contributed by atoms with Gasteiger partial charge in [0.15, 0.2) is 0 Å². The molecular weight excluding hydrogens is 220 g/mol. The van der Waals surface area contributed by atoms with Crippen molar-refractivity contribution in [2.75, 3.05) is 6.61 Å². The van der Waals surface area contributed by atoms with Crippen LogP contribution in [-0.2, 0) is 4.74 Å². The van der Waals surface area contributed by atoms with Crippen molar-refractivity contribution in [3.63, 3.8) is 0 Å². The third-order valence-electron chi connectivity index (χ3n) is 7.38. The molecule has 1 heteroatoms. The number of hydrogen-bond acceptors (Lipinski definition) is 1. The van der Waals surface area contributed by atoms with Crippen LogP contribution < -0.4 is 0 Å². The van der Waals surface area contributed by atoms with Crippen LogP contribution in [-0.4, -0.2) is 12.2 Å². The third kappa shape index (κ3) is 1.49. The van der Waals surface area contributed by atoms with Gasteiger partial charge in [0.05, 0.1) is 5.60 Å². The van der Waals surface area contributed by atoms with Crippen molar-refractivity contribution >= 4 is 0 Å². The van der Waals surface area contributed by atoms with Gasteiger partial charge in [-0.3, -0.25) is 0 Å². The number of hydrogen-bond donors (Lipinski definition) is 0. The van der Waals surface area contributed by atoms with E-state index in [0.29, 0.717) is 10.8 Å². The lowest BCUT2D eigenvalue weighted by Crippen LogP contribution is -2.57. The van der Waals surface area contributed by atoms with Crippen molar-refractivity contribution in [3.8, 4) is 0 Å². The van der Waals surface area contributed by atoms with E-state index < -0.39 is 0 Å². The Bertz CT molecular complexity index is 348. The van der Waals surface area contributed by atoms with Gasteiger partial charge in [0.25, 0.3) is 0 Å². The second kappa shape index (κ2) is 3.75. The van der Waals surface area contributed by atoms with Crippen LogP contribution >= 0.6 is 0 Å². The van der Waals surface area contributed by atoms with Crippen LogP contribution in [0.1, 0.15) is 66.7 Å². The largest absolute Gasteiger partial charge is 0.375 e. The Hall–Kier alpha value is -0.0400. The molecule has 0 aromatic rings. The van der Waals surface area contributed by atoms with Crippen LogP contribution in [0.2, 0.25) is 0 Å². The van der Waals surface area contributed by atoms with E-state index in [1.54, 1.807) is 0 Å². The zero-order valence-electron chi connectivity index (χ0n) is 12.9. The average molecular weight is 250 g/mol. The normalized spacial score (nSPS) is 54.8. The zero-order valence-corrected chi connectivity index (χ0v) is 12.9. The first kappa shape index (κ1) is 13.0. The molecule has 2 saturated carbocycles. The molecule has 3 rings (SSSR count). The topological polar surface area (TPSA) is 9.23 Å². The number of fused-ring (bicyclic) bond motifs is 3. The van der Waals surface area contributed by atoms with Crippen LogP contribution in [0.15, 0.2) is 0 Å². The molecule has 0 aromatic heterocycles. The van der Waals surface area contributed by atoms with E-state index in [0.717, 1.165) is 24.4 Å². The maximum absolute atomic E-state index is 6.15. The molecule has 1 heterocycles. The van der Waals surface area contributed by atoms with Gasteiger partial charge in [-0.25, -0.2) is 0 Å². The minimum Gasteiger partial charge on any atom is -0.375 e. The van der Waals surface area contributed by atoms with E-state index >= 15 is 0 Å². The number of ether oxygens (including phenoxy) is 1. The molecule has 0 amide bonds. The molecule has 1 unspecified atom stereocenters. The van der Waals surface area contributed by atoms with E-state index in [2.05, 4.69) is 34.6 Å². The fraction of sp³-hybridized carbons (Fsp3) is 1.00. The van der Waals surface area contributed by atoms with Crippen LogP contribution in [0.5, 0.6) is 0 Å². The van der Waals surface area contributed by atoms with Crippen LogP contribution in [0.4, 0.5) is 0 Å². The maximum Gasteiger partial charge on any atom is 0.0688 e. The lowest BCUT2D eigenvalue weighted by atomic mass is 9.43. The fourth-order valence-corrected chi connectivity index (χ4v) is 5.91. The molecule has 3 aliphatic rings. The minimum absolute atomic E-state index is 0.196. The summed E-state index contributed by atoms with van der Waals surface area (Å²) in [6, 6.07) is 0. The molecule has 1 aliphatic heterocycles. The highest BCUT2D eigenvalue weighted by atomic mass is 16.5. The standard InChI is InChI=1S/C17H30O/c1-12-6-9-16(4)13(15(12,2)3)7-10-17(5)14(16)8-11-18-17/h12-14H,6-11H2,1-5H3/t12-,13+,14?,16+,17+/m0/s1. The second-order valence-electron chi connectivity index (χ2n) is 8.36. The molecule has 2 aliphatic carbocycles. The van der Waals surface area contributed by atoms with Crippen molar-refractivity contribution in [1.29, 1.82) is 0 Å². The Morgan fingerprint density at radius 2 is 1.61 bits per heavy atom. The predicted molar refractivity (Wildman–Crippen MR) is 75.5 cm³/mol. The smallest absolute Gasteiger partial charge is 0.0688 e. The highest BCUT2D eigenvalue weighted by molar-refractivity contribution is 5.10. The van der Waals surface area contributed by atoms with E-state index in [1.165, 1.54) is 32.1 Å². The quantitative estimate of drug-likeness (QED) is 0.608. The van der Waals surface area contributed by atoms with E-state index in [-0.39, 0.29) is 5.60 Å². The van der Waals surface area contributed by atoms with Gasteiger partial charge in [-0.2, -0.15) is 0 Å². The highest BCUT2D eigenvalue weighted by Crippen LogP contribution is 2.65. The molecular formula is C17H30O. The van der Waals surface area contributed by atoms with Crippen molar-refractivity contribution in [1.82, 2.24) is 0 Å². The van der Waals surface area contributed by atoms with Crippen molar-refractivity contribution in [2.24, 2.45) is 28.6 Å². The predicted octanol–water partition coefficient (Wildman–Crippen LogP) is 4.65. The minimum atomic E-state index is 0.196. The second-order valence-corrected chi connectivity index (χ2v) is 8.36. The summed E-state index contributed by atoms with van der Waals surface area (Å²) in [7, 11) is 0. The summed E-state index contributed by atoms with van der Waals surface area (Å²) in [5.74, 6) is 2.58. The van der Waals surface area contributed by atoms with Crippen molar-refractivity contribution < 1.29 is 4.74 Å². The van der Waals surface area contributed by atoms with Gasteiger partial charge in [-0.1, -0.05) is 27.7 Å². The molecule has 0 radical (unpaired) electrons. The summed E-state index contributed by atoms with van der Waals surface area (Å²) in [5, 5.41) is 0. The Morgan fingerprint density at radius 1 is 0.889 bits per heavy atom. The molecule has 5 atom stereocenters. The Labute approximate surface area is 113 Å². The first-order valence-corrected chi connectivity index (χ1v) is 7.95. The number of rotatable bonds is 0. The Balaban J connectivity index is 1.98. The zero-order chi connectivity index (χ0) is 13.2. The lowest BCUT2D eigenvalue weighted by molar-refractivity contribution is -0.161. The van der Waals surface area contributed by atoms with Gasteiger partial charge < -0.3 is 4.74 Å². The van der Waals surface area contributed by atoms with Gasteiger partial charge >= 0.3 is 0 Å². The first-order chi connectivity index (χ1) is 8.31. The highest BCUT2D eigenvalue weighted by Gasteiger charge is 2.61. The summed E-state index contributed by atoms with van der Waals surface area (Å²) >= 11 is 0. The summed E-state index contributed by atoms with van der Waals surface area (Å²) in [6.45, 7) is 13.5. The molecule has 3 fully saturated rings.